The molecule has 8 heteroatoms. The van der Waals surface area contributed by atoms with E-state index >= 15 is 0 Å². The molecule has 0 bridgehead atoms. The first-order valence-corrected chi connectivity index (χ1v) is 9.68. The Morgan fingerprint density at radius 3 is 2.62 bits per heavy atom. The second kappa shape index (κ2) is 6.51. The number of fused-ring (bicyclic) bond motifs is 4. The maximum Gasteiger partial charge on any atom is 0.269 e. The number of non-ortho nitro benzene ring substituents is 1. The van der Waals surface area contributed by atoms with Crippen molar-refractivity contribution in [2.45, 2.75) is 32.7 Å². The number of nitrogens with zero attached hydrogens (tertiary/aromatic N) is 6. The van der Waals surface area contributed by atoms with Crippen LogP contribution < -0.4 is 4.90 Å². The summed E-state index contributed by atoms with van der Waals surface area (Å²) < 4.78 is 1.84. The average molecular weight is 388 g/mol. The predicted octanol–water partition coefficient (Wildman–Crippen LogP) is 3.87. The number of hydrogen-bond donors (Lipinski definition) is 0. The molecule has 0 saturated carbocycles. The molecule has 8 nitrogen and oxygen atoms in total. The van der Waals surface area contributed by atoms with Crippen LogP contribution in [0.3, 0.4) is 0 Å². The highest BCUT2D eigenvalue weighted by Crippen LogP contribution is 2.32. The highest BCUT2D eigenvalue weighted by molar-refractivity contribution is 6.00. The van der Waals surface area contributed by atoms with E-state index in [0.717, 1.165) is 52.2 Å². The molecule has 3 heterocycles. The Hall–Kier alpha value is -3.55. The molecule has 0 unspecified atom stereocenters. The fourth-order valence-electron chi connectivity index (χ4n) is 4.01. The summed E-state index contributed by atoms with van der Waals surface area (Å²) in [7, 11) is 0. The van der Waals surface area contributed by atoms with Crippen molar-refractivity contribution in [3.05, 3.63) is 69.5 Å². The van der Waals surface area contributed by atoms with Gasteiger partial charge in [-0.25, -0.2) is 0 Å². The van der Waals surface area contributed by atoms with Gasteiger partial charge in [0.2, 0.25) is 0 Å². The van der Waals surface area contributed by atoms with E-state index in [1.807, 2.05) is 34.8 Å². The zero-order valence-electron chi connectivity index (χ0n) is 16.2. The average Bonchev–Trinajstić information content (AvgIpc) is 3.17. The highest BCUT2D eigenvalue weighted by atomic mass is 16.6. The molecule has 0 atom stereocenters. The number of aromatic nitrogens is 4. The Morgan fingerprint density at radius 1 is 1.07 bits per heavy atom. The molecule has 1 aliphatic heterocycles. The lowest BCUT2D eigenvalue weighted by Gasteiger charge is -2.30. The maximum absolute atomic E-state index is 11.2. The van der Waals surface area contributed by atoms with Crippen molar-refractivity contribution in [2.75, 3.05) is 11.4 Å². The minimum absolute atomic E-state index is 0.125. The van der Waals surface area contributed by atoms with Gasteiger partial charge >= 0.3 is 0 Å². The summed E-state index contributed by atoms with van der Waals surface area (Å²) in [6.07, 6.45) is 0.820. The Labute approximate surface area is 166 Å². The van der Waals surface area contributed by atoms with Crippen LogP contribution in [0.4, 0.5) is 11.5 Å². The van der Waals surface area contributed by atoms with E-state index in [2.05, 4.69) is 28.9 Å². The lowest BCUT2D eigenvalue weighted by molar-refractivity contribution is -0.384. The van der Waals surface area contributed by atoms with Crippen LogP contribution in [0.15, 0.2) is 42.5 Å². The molecule has 2 aromatic heterocycles. The molecule has 0 fully saturated rings. The van der Waals surface area contributed by atoms with Crippen LogP contribution in [0.5, 0.6) is 0 Å². The topological polar surface area (TPSA) is 89.5 Å². The molecule has 0 spiro atoms. The lowest BCUT2D eigenvalue weighted by Crippen LogP contribution is -2.31. The van der Waals surface area contributed by atoms with E-state index in [4.69, 9.17) is 5.10 Å². The molecular weight excluding hydrogens is 368 g/mol. The summed E-state index contributed by atoms with van der Waals surface area (Å²) in [6.45, 7) is 5.53. The molecule has 0 amide bonds. The van der Waals surface area contributed by atoms with Gasteiger partial charge in [0.05, 0.1) is 4.92 Å². The van der Waals surface area contributed by atoms with E-state index in [1.165, 1.54) is 0 Å². The third-order valence-corrected chi connectivity index (χ3v) is 5.50. The van der Waals surface area contributed by atoms with Crippen molar-refractivity contribution in [2.24, 2.45) is 0 Å². The summed E-state index contributed by atoms with van der Waals surface area (Å²) in [5.74, 6) is 1.86. The van der Waals surface area contributed by atoms with Crippen LogP contribution in [0.25, 0.3) is 16.4 Å². The normalized spacial score (nSPS) is 14.0. The first kappa shape index (κ1) is 17.5. The van der Waals surface area contributed by atoms with Gasteiger partial charge in [0, 0.05) is 41.9 Å². The van der Waals surface area contributed by atoms with Crippen molar-refractivity contribution in [1.29, 1.82) is 0 Å². The summed E-state index contributed by atoms with van der Waals surface area (Å²) in [4.78, 5) is 13.0. The molecule has 0 saturated heterocycles. The summed E-state index contributed by atoms with van der Waals surface area (Å²) in [5, 5.41) is 26.9. The van der Waals surface area contributed by atoms with Gasteiger partial charge in [-0.15, -0.1) is 15.3 Å². The number of hydrogen-bond acceptors (Lipinski definition) is 6. The molecule has 29 heavy (non-hydrogen) atoms. The standard InChI is InChI=1S/C21H20N6O2/c1-13(2)19-22-23-20-17-5-3-4-6-18(17)21(24-26(19)20)25-10-9-14-7-8-16(27(28)29)11-15(14)12-25/h3-8,11,13H,9-10,12H2,1-2H3. The fourth-order valence-corrected chi connectivity index (χ4v) is 4.01. The van der Waals surface area contributed by atoms with Crippen molar-refractivity contribution in [1.82, 2.24) is 19.8 Å². The van der Waals surface area contributed by atoms with Gasteiger partial charge in [0.1, 0.15) is 0 Å². The number of benzene rings is 2. The van der Waals surface area contributed by atoms with Crippen molar-refractivity contribution in [3.8, 4) is 0 Å². The third kappa shape index (κ3) is 2.79. The quantitative estimate of drug-likeness (QED) is 0.391. The molecule has 4 aromatic rings. The predicted molar refractivity (Wildman–Crippen MR) is 110 cm³/mol. The first-order valence-electron chi connectivity index (χ1n) is 9.68. The molecular formula is C21H20N6O2. The first-order chi connectivity index (χ1) is 14.0. The van der Waals surface area contributed by atoms with Crippen LogP contribution >= 0.6 is 0 Å². The summed E-state index contributed by atoms with van der Waals surface area (Å²) in [5.41, 5.74) is 3.01. The van der Waals surface area contributed by atoms with E-state index in [-0.39, 0.29) is 16.5 Å². The lowest BCUT2D eigenvalue weighted by atomic mass is 9.98. The Bertz CT molecular complexity index is 1260. The molecule has 5 rings (SSSR count). The van der Waals surface area contributed by atoms with Crippen LogP contribution in [-0.4, -0.2) is 31.3 Å². The number of nitro benzene ring substituents is 1. The minimum atomic E-state index is -0.342. The van der Waals surface area contributed by atoms with Gasteiger partial charge in [0.15, 0.2) is 17.3 Å². The van der Waals surface area contributed by atoms with Crippen LogP contribution in [0.2, 0.25) is 0 Å². The van der Waals surface area contributed by atoms with E-state index in [1.54, 1.807) is 12.1 Å². The zero-order chi connectivity index (χ0) is 20.1. The van der Waals surface area contributed by atoms with Crippen LogP contribution in [-0.2, 0) is 13.0 Å². The van der Waals surface area contributed by atoms with Gasteiger partial charge in [-0.2, -0.15) is 4.52 Å². The largest absolute Gasteiger partial charge is 0.350 e. The smallest absolute Gasteiger partial charge is 0.269 e. The minimum Gasteiger partial charge on any atom is -0.350 e. The Balaban J connectivity index is 1.67. The van der Waals surface area contributed by atoms with Crippen molar-refractivity contribution >= 4 is 27.9 Å². The number of nitro groups is 1. The third-order valence-electron chi connectivity index (χ3n) is 5.50. The Kier molecular flexibility index (Phi) is 3.94. The second-order valence-corrected chi connectivity index (χ2v) is 7.70. The molecule has 1 aliphatic rings. The van der Waals surface area contributed by atoms with Crippen LogP contribution in [0, 0.1) is 10.1 Å². The zero-order valence-corrected chi connectivity index (χ0v) is 16.2. The van der Waals surface area contributed by atoms with Gasteiger partial charge in [0.25, 0.3) is 5.69 Å². The van der Waals surface area contributed by atoms with Crippen LogP contribution in [0.1, 0.15) is 36.7 Å². The fraction of sp³-hybridized carbons (Fsp3) is 0.286. The van der Waals surface area contributed by atoms with Gasteiger partial charge in [-0.05, 0) is 17.5 Å². The molecule has 146 valence electrons. The van der Waals surface area contributed by atoms with Gasteiger partial charge in [-0.1, -0.05) is 44.2 Å². The molecule has 0 aliphatic carbocycles. The monoisotopic (exact) mass is 388 g/mol. The van der Waals surface area contributed by atoms with Gasteiger partial charge in [-0.3, -0.25) is 10.1 Å². The van der Waals surface area contributed by atoms with Crippen molar-refractivity contribution in [3.63, 3.8) is 0 Å². The second-order valence-electron chi connectivity index (χ2n) is 7.70. The molecule has 0 N–H and O–H groups in total. The van der Waals surface area contributed by atoms with E-state index in [0.29, 0.717) is 6.54 Å². The van der Waals surface area contributed by atoms with E-state index < -0.39 is 0 Å². The number of rotatable bonds is 3. The van der Waals surface area contributed by atoms with E-state index in [9.17, 15) is 10.1 Å². The Morgan fingerprint density at radius 2 is 1.86 bits per heavy atom. The maximum atomic E-state index is 11.2. The van der Waals surface area contributed by atoms with Gasteiger partial charge < -0.3 is 4.90 Å². The highest BCUT2D eigenvalue weighted by Gasteiger charge is 2.24. The molecule has 0 radical (unpaired) electrons. The van der Waals surface area contributed by atoms with Crippen molar-refractivity contribution < 1.29 is 4.92 Å². The summed E-state index contributed by atoms with van der Waals surface area (Å²) in [6, 6.07) is 13.2. The summed E-state index contributed by atoms with van der Waals surface area (Å²) >= 11 is 0. The SMILES string of the molecule is CC(C)c1nnc2c3ccccc3c(N3CCc4ccc([N+](=O)[O-])cc4C3)nn12. The molecule has 2 aromatic carbocycles. The number of anilines is 1.